The number of aromatic hydroxyl groups is 1. The van der Waals surface area contributed by atoms with Crippen LogP contribution in [0.3, 0.4) is 0 Å². The zero-order chi connectivity index (χ0) is 19.3. The van der Waals surface area contributed by atoms with Crippen molar-refractivity contribution in [2.24, 2.45) is 5.73 Å². The van der Waals surface area contributed by atoms with Gasteiger partial charge >= 0.3 is 0 Å². The smallest absolute Gasteiger partial charge is 0.165 e. The van der Waals surface area contributed by atoms with Gasteiger partial charge in [-0.15, -0.1) is 0 Å². The summed E-state index contributed by atoms with van der Waals surface area (Å²) in [6.45, 7) is 0.579. The van der Waals surface area contributed by atoms with E-state index in [1.807, 2.05) is 54.6 Å². The molecule has 0 amide bonds. The molecule has 1 heterocycles. The lowest BCUT2D eigenvalue weighted by atomic mass is 10.1. The van der Waals surface area contributed by atoms with Gasteiger partial charge in [0.2, 0.25) is 0 Å². The number of nitrogens with two attached hydrogens (primary N) is 1. The number of nitrogens with zero attached hydrogens (tertiary/aromatic N) is 2. The van der Waals surface area contributed by atoms with Crippen LogP contribution in [0, 0.1) is 0 Å². The summed E-state index contributed by atoms with van der Waals surface area (Å²) in [5.74, 6) is 1.35. The Hall–Kier alpha value is -3.44. The largest absolute Gasteiger partial charge is 0.507 e. The van der Waals surface area contributed by atoms with Crippen molar-refractivity contribution in [3.63, 3.8) is 0 Å². The lowest BCUT2D eigenvalue weighted by molar-refractivity contribution is 0.477. The molecule has 1 aromatic heterocycles. The second-order valence-electron chi connectivity index (χ2n) is 6.76. The molecule has 4 N–H and O–H groups in total. The van der Waals surface area contributed by atoms with Crippen molar-refractivity contribution in [3.8, 4) is 17.1 Å². The number of anilines is 1. The quantitative estimate of drug-likeness (QED) is 0.478. The maximum absolute atomic E-state index is 10.2. The molecule has 0 radical (unpaired) electrons. The third kappa shape index (κ3) is 3.94. The number of benzene rings is 3. The molecule has 0 aliphatic rings. The summed E-state index contributed by atoms with van der Waals surface area (Å²) in [5, 5.41) is 14.5. The highest BCUT2D eigenvalue weighted by atomic mass is 16.3. The lowest BCUT2D eigenvalue weighted by Gasteiger charge is -2.15. The van der Waals surface area contributed by atoms with Gasteiger partial charge in [0.05, 0.1) is 11.1 Å². The first-order valence-electron chi connectivity index (χ1n) is 9.29. The maximum Gasteiger partial charge on any atom is 0.165 e. The Bertz CT molecular complexity index is 1080. The number of phenolic OH excluding ortho intramolecular Hbond substituents is 1. The van der Waals surface area contributed by atoms with Crippen LogP contribution in [0.4, 0.5) is 5.82 Å². The van der Waals surface area contributed by atoms with Gasteiger partial charge < -0.3 is 16.2 Å². The summed E-state index contributed by atoms with van der Waals surface area (Å²) in [4.78, 5) is 9.29. The first kappa shape index (κ1) is 17.9. The number of hydrogen-bond donors (Lipinski definition) is 3. The molecule has 0 fully saturated rings. The lowest BCUT2D eigenvalue weighted by Crippen LogP contribution is -2.31. The molecule has 0 unspecified atom stereocenters. The summed E-state index contributed by atoms with van der Waals surface area (Å²) < 4.78 is 0. The van der Waals surface area contributed by atoms with E-state index < -0.39 is 0 Å². The topological polar surface area (TPSA) is 84.1 Å². The molecule has 0 saturated heterocycles. The van der Waals surface area contributed by atoms with Crippen molar-refractivity contribution in [2.45, 2.75) is 12.5 Å². The first-order chi connectivity index (χ1) is 13.7. The summed E-state index contributed by atoms with van der Waals surface area (Å²) in [6, 6.07) is 25.1. The molecule has 0 spiro atoms. The minimum Gasteiger partial charge on any atom is -0.507 e. The molecule has 5 nitrogen and oxygen atoms in total. The fourth-order valence-corrected chi connectivity index (χ4v) is 3.21. The van der Waals surface area contributed by atoms with E-state index in [4.69, 9.17) is 5.73 Å². The standard InChI is InChI=1S/C23H22N4O/c24-17(14-16-8-2-1-3-9-16)15-25-22-18-10-4-6-12-20(18)26-23(27-22)19-11-5-7-13-21(19)28/h1-13,17,28H,14-15,24H2,(H,25,26,27)/t17-/m0/s1. The molecule has 140 valence electrons. The average molecular weight is 370 g/mol. The zero-order valence-corrected chi connectivity index (χ0v) is 15.4. The zero-order valence-electron chi connectivity index (χ0n) is 15.4. The molecule has 28 heavy (non-hydrogen) atoms. The fraction of sp³-hybridized carbons (Fsp3) is 0.130. The highest BCUT2D eigenvalue weighted by molar-refractivity contribution is 5.90. The van der Waals surface area contributed by atoms with Crippen molar-refractivity contribution < 1.29 is 5.11 Å². The Labute approximate surface area is 163 Å². The van der Waals surface area contributed by atoms with Gasteiger partial charge in [-0.2, -0.15) is 0 Å². The van der Waals surface area contributed by atoms with Gasteiger partial charge in [-0.25, -0.2) is 9.97 Å². The number of phenols is 1. The highest BCUT2D eigenvalue weighted by Crippen LogP contribution is 2.29. The van der Waals surface area contributed by atoms with Gasteiger partial charge in [0.25, 0.3) is 0 Å². The van der Waals surface area contributed by atoms with Crippen molar-refractivity contribution in [2.75, 3.05) is 11.9 Å². The Morgan fingerprint density at radius 3 is 2.39 bits per heavy atom. The van der Waals surface area contributed by atoms with Crippen LogP contribution in [-0.4, -0.2) is 27.7 Å². The Kier molecular flexibility index (Phi) is 5.17. The normalized spacial score (nSPS) is 12.0. The number of fused-ring (bicyclic) bond motifs is 1. The second-order valence-corrected chi connectivity index (χ2v) is 6.76. The van der Waals surface area contributed by atoms with Crippen LogP contribution < -0.4 is 11.1 Å². The molecule has 3 aromatic carbocycles. The molecular formula is C23H22N4O. The van der Waals surface area contributed by atoms with Gasteiger partial charge in [-0.05, 0) is 36.2 Å². The molecule has 4 aromatic rings. The van der Waals surface area contributed by atoms with E-state index in [1.54, 1.807) is 12.1 Å². The molecule has 5 heteroatoms. The molecule has 1 atom stereocenters. The van der Waals surface area contributed by atoms with E-state index in [-0.39, 0.29) is 11.8 Å². The van der Waals surface area contributed by atoms with E-state index in [9.17, 15) is 5.11 Å². The second kappa shape index (κ2) is 8.06. The SMILES string of the molecule is N[C@H](CNc1nc(-c2ccccc2O)nc2ccccc12)Cc1ccccc1. The van der Waals surface area contributed by atoms with Gasteiger partial charge in [0.15, 0.2) is 5.82 Å². The minimum absolute atomic E-state index is 0.0512. The number of hydrogen-bond acceptors (Lipinski definition) is 5. The monoisotopic (exact) mass is 370 g/mol. The molecule has 0 saturated carbocycles. The number of rotatable bonds is 6. The van der Waals surface area contributed by atoms with Gasteiger partial charge in [-0.3, -0.25) is 0 Å². The van der Waals surface area contributed by atoms with E-state index >= 15 is 0 Å². The molecule has 0 aliphatic heterocycles. The van der Waals surface area contributed by atoms with Crippen molar-refractivity contribution in [1.29, 1.82) is 0 Å². The van der Waals surface area contributed by atoms with E-state index in [0.717, 1.165) is 17.3 Å². The van der Waals surface area contributed by atoms with Gasteiger partial charge in [0.1, 0.15) is 11.6 Å². The van der Waals surface area contributed by atoms with E-state index in [0.29, 0.717) is 23.8 Å². The Balaban J connectivity index is 1.61. The molecule has 4 rings (SSSR count). The predicted molar refractivity (Wildman–Crippen MR) is 113 cm³/mol. The van der Waals surface area contributed by atoms with Crippen LogP contribution in [0.1, 0.15) is 5.56 Å². The third-order valence-electron chi connectivity index (χ3n) is 4.62. The average Bonchev–Trinajstić information content (AvgIpc) is 2.73. The van der Waals surface area contributed by atoms with Crippen molar-refractivity contribution >= 4 is 16.7 Å². The van der Waals surface area contributed by atoms with Gasteiger partial charge in [-0.1, -0.05) is 54.6 Å². The maximum atomic E-state index is 10.2. The van der Waals surface area contributed by atoms with Crippen LogP contribution in [-0.2, 0) is 6.42 Å². The summed E-state index contributed by atoms with van der Waals surface area (Å²) in [7, 11) is 0. The predicted octanol–water partition coefficient (Wildman–Crippen LogP) is 3.98. The van der Waals surface area contributed by atoms with Crippen LogP contribution in [0.5, 0.6) is 5.75 Å². The van der Waals surface area contributed by atoms with E-state index in [2.05, 4.69) is 27.4 Å². The molecular weight excluding hydrogens is 348 g/mol. The van der Waals surface area contributed by atoms with Crippen LogP contribution in [0.15, 0.2) is 78.9 Å². The number of para-hydroxylation sites is 2. The minimum atomic E-state index is -0.0512. The summed E-state index contributed by atoms with van der Waals surface area (Å²) in [5.41, 5.74) is 8.95. The highest BCUT2D eigenvalue weighted by Gasteiger charge is 2.13. The number of nitrogens with one attached hydrogen (secondary N) is 1. The van der Waals surface area contributed by atoms with Crippen molar-refractivity contribution in [3.05, 3.63) is 84.4 Å². The van der Waals surface area contributed by atoms with Crippen molar-refractivity contribution in [1.82, 2.24) is 9.97 Å². The number of aromatic nitrogens is 2. The van der Waals surface area contributed by atoms with E-state index in [1.165, 1.54) is 5.56 Å². The Morgan fingerprint density at radius 1 is 0.857 bits per heavy atom. The third-order valence-corrected chi connectivity index (χ3v) is 4.62. The Morgan fingerprint density at radius 2 is 1.57 bits per heavy atom. The summed E-state index contributed by atoms with van der Waals surface area (Å²) >= 11 is 0. The molecule has 0 aliphatic carbocycles. The van der Waals surface area contributed by atoms with Gasteiger partial charge in [0, 0.05) is 18.0 Å². The summed E-state index contributed by atoms with van der Waals surface area (Å²) in [6.07, 6.45) is 0.781. The fourth-order valence-electron chi connectivity index (χ4n) is 3.21. The molecule has 0 bridgehead atoms. The first-order valence-corrected chi connectivity index (χ1v) is 9.29. The van der Waals surface area contributed by atoms with Crippen LogP contribution >= 0.6 is 0 Å². The van der Waals surface area contributed by atoms with Crippen LogP contribution in [0.2, 0.25) is 0 Å². The van der Waals surface area contributed by atoms with Crippen LogP contribution in [0.25, 0.3) is 22.3 Å².